The summed E-state index contributed by atoms with van der Waals surface area (Å²) < 4.78 is 0. The highest BCUT2D eigenvalue weighted by atomic mass is 16.6. The summed E-state index contributed by atoms with van der Waals surface area (Å²) in [6.07, 6.45) is 1.16. The zero-order valence-electron chi connectivity index (χ0n) is 15.2. The third-order valence-corrected chi connectivity index (χ3v) is 5.50. The molecule has 0 spiro atoms. The van der Waals surface area contributed by atoms with Gasteiger partial charge in [-0.15, -0.1) is 0 Å². The second-order valence-corrected chi connectivity index (χ2v) is 7.67. The standard InChI is InChI=1S/C21H23N3O3/c25-21(19-7-4-8-20(10-19)24(26)27)23-14-17-9-18(15-23)13-22(12-17)11-16-5-2-1-3-6-16/h1-8,10,17-18H,9,11-15H2. The minimum Gasteiger partial charge on any atom is -0.338 e. The van der Waals surface area contributed by atoms with Gasteiger partial charge < -0.3 is 4.90 Å². The van der Waals surface area contributed by atoms with Crippen LogP contribution in [0.4, 0.5) is 5.69 Å². The van der Waals surface area contributed by atoms with Gasteiger partial charge in [0, 0.05) is 50.4 Å². The number of nitro groups is 1. The number of non-ortho nitro benzene ring substituents is 1. The van der Waals surface area contributed by atoms with Crippen molar-refractivity contribution in [1.29, 1.82) is 0 Å². The van der Waals surface area contributed by atoms with Crippen LogP contribution in [0.25, 0.3) is 0 Å². The predicted molar refractivity (Wildman–Crippen MR) is 102 cm³/mol. The van der Waals surface area contributed by atoms with Crippen LogP contribution in [-0.4, -0.2) is 46.8 Å². The average Bonchev–Trinajstić information content (AvgIpc) is 2.67. The molecule has 2 heterocycles. The monoisotopic (exact) mass is 365 g/mol. The van der Waals surface area contributed by atoms with Crippen molar-refractivity contribution in [2.45, 2.75) is 13.0 Å². The van der Waals surface area contributed by atoms with Crippen LogP contribution in [0.15, 0.2) is 54.6 Å². The molecule has 0 aliphatic carbocycles. The molecule has 2 aromatic carbocycles. The molecule has 2 aliphatic heterocycles. The Morgan fingerprint density at radius 2 is 1.70 bits per heavy atom. The second kappa shape index (κ2) is 7.48. The summed E-state index contributed by atoms with van der Waals surface area (Å²) in [6, 6.07) is 16.5. The maximum atomic E-state index is 12.9. The first-order valence-electron chi connectivity index (χ1n) is 9.38. The maximum Gasteiger partial charge on any atom is 0.270 e. The summed E-state index contributed by atoms with van der Waals surface area (Å²) in [5, 5.41) is 11.0. The summed E-state index contributed by atoms with van der Waals surface area (Å²) in [7, 11) is 0. The summed E-state index contributed by atoms with van der Waals surface area (Å²) in [5.74, 6) is 0.831. The van der Waals surface area contributed by atoms with Crippen LogP contribution in [0.3, 0.4) is 0 Å². The zero-order chi connectivity index (χ0) is 18.8. The number of carbonyl (C=O) groups is 1. The normalized spacial score (nSPS) is 22.4. The number of hydrogen-bond acceptors (Lipinski definition) is 4. The maximum absolute atomic E-state index is 12.9. The number of likely N-dealkylation sites (tertiary alicyclic amines) is 2. The lowest BCUT2D eigenvalue weighted by Gasteiger charge is -2.46. The van der Waals surface area contributed by atoms with E-state index in [0.717, 1.165) is 39.1 Å². The summed E-state index contributed by atoms with van der Waals surface area (Å²) >= 11 is 0. The lowest BCUT2D eigenvalue weighted by atomic mass is 9.84. The highest BCUT2D eigenvalue weighted by Crippen LogP contribution is 2.30. The molecule has 140 valence electrons. The fourth-order valence-corrected chi connectivity index (χ4v) is 4.46. The molecular formula is C21H23N3O3. The number of hydrogen-bond donors (Lipinski definition) is 0. The van der Waals surface area contributed by atoms with E-state index in [1.54, 1.807) is 12.1 Å². The molecule has 4 rings (SSSR count). The van der Waals surface area contributed by atoms with Crippen LogP contribution in [0, 0.1) is 22.0 Å². The van der Waals surface area contributed by atoms with E-state index < -0.39 is 4.92 Å². The van der Waals surface area contributed by atoms with Crippen LogP contribution in [-0.2, 0) is 6.54 Å². The van der Waals surface area contributed by atoms with Gasteiger partial charge >= 0.3 is 0 Å². The Balaban J connectivity index is 1.42. The van der Waals surface area contributed by atoms with Crippen molar-refractivity contribution in [3.63, 3.8) is 0 Å². The molecule has 2 saturated heterocycles. The van der Waals surface area contributed by atoms with E-state index in [-0.39, 0.29) is 11.6 Å². The number of nitro benzene ring substituents is 1. The molecule has 2 aromatic rings. The van der Waals surface area contributed by atoms with Crippen LogP contribution < -0.4 is 0 Å². The number of benzene rings is 2. The quantitative estimate of drug-likeness (QED) is 0.616. The van der Waals surface area contributed by atoms with Gasteiger partial charge in [-0.05, 0) is 29.9 Å². The van der Waals surface area contributed by atoms with Crippen molar-refractivity contribution in [1.82, 2.24) is 9.80 Å². The first kappa shape index (κ1) is 17.7. The minimum atomic E-state index is -0.455. The fraction of sp³-hybridized carbons (Fsp3) is 0.381. The van der Waals surface area contributed by atoms with Crippen molar-refractivity contribution in [3.05, 3.63) is 75.8 Å². The molecule has 2 bridgehead atoms. The van der Waals surface area contributed by atoms with Crippen molar-refractivity contribution < 1.29 is 9.72 Å². The van der Waals surface area contributed by atoms with E-state index in [1.165, 1.54) is 17.7 Å². The number of piperidine rings is 2. The van der Waals surface area contributed by atoms with Gasteiger partial charge in [0.05, 0.1) is 4.92 Å². The Bertz CT molecular complexity index is 826. The third kappa shape index (κ3) is 4.01. The number of carbonyl (C=O) groups excluding carboxylic acids is 1. The Hall–Kier alpha value is -2.73. The number of fused-ring (bicyclic) bond motifs is 2. The van der Waals surface area contributed by atoms with Crippen molar-refractivity contribution >= 4 is 11.6 Å². The van der Waals surface area contributed by atoms with Crippen molar-refractivity contribution in [2.75, 3.05) is 26.2 Å². The van der Waals surface area contributed by atoms with E-state index in [0.29, 0.717) is 17.4 Å². The number of rotatable bonds is 4. The molecule has 0 N–H and O–H groups in total. The van der Waals surface area contributed by atoms with Crippen molar-refractivity contribution in [2.24, 2.45) is 11.8 Å². The SMILES string of the molecule is O=C(c1cccc([N+](=O)[O-])c1)N1CC2CC(CN(Cc3ccccc3)C2)C1. The molecule has 6 nitrogen and oxygen atoms in total. The van der Waals surface area contributed by atoms with E-state index >= 15 is 0 Å². The van der Waals surface area contributed by atoms with E-state index in [1.807, 2.05) is 11.0 Å². The number of nitrogens with zero attached hydrogens (tertiary/aromatic N) is 3. The van der Waals surface area contributed by atoms with E-state index in [9.17, 15) is 14.9 Å². The first-order valence-corrected chi connectivity index (χ1v) is 9.38. The first-order chi connectivity index (χ1) is 13.1. The Kier molecular flexibility index (Phi) is 4.90. The smallest absolute Gasteiger partial charge is 0.270 e. The molecule has 6 heteroatoms. The summed E-state index contributed by atoms with van der Waals surface area (Å²) in [4.78, 5) is 27.8. The largest absolute Gasteiger partial charge is 0.338 e. The Morgan fingerprint density at radius 1 is 1.00 bits per heavy atom. The highest BCUT2D eigenvalue weighted by Gasteiger charge is 2.36. The zero-order valence-corrected chi connectivity index (χ0v) is 15.2. The molecular weight excluding hydrogens is 342 g/mol. The van der Waals surface area contributed by atoms with Gasteiger partial charge in [-0.1, -0.05) is 36.4 Å². The van der Waals surface area contributed by atoms with Crippen molar-refractivity contribution in [3.8, 4) is 0 Å². The topological polar surface area (TPSA) is 66.7 Å². The molecule has 0 radical (unpaired) electrons. The predicted octanol–water partition coefficient (Wildman–Crippen LogP) is 3.19. The molecule has 2 unspecified atom stereocenters. The van der Waals surface area contributed by atoms with Gasteiger partial charge in [-0.25, -0.2) is 0 Å². The second-order valence-electron chi connectivity index (χ2n) is 7.67. The van der Waals surface area contributed by atoms with Crippen LogP contribution in [0.5, 0.6) is 0 Å². The number of amides is 1. The molecule has 0 aromatic heterocycles. The van der Waals surface area contributed by atoms with Gasteiger partial charge in [-0.2, -0.15) is 0 Å². The summed E-state index contributed by atoms with van der Waals surface area (Å²) in [6.45, 7) is 4.38. The van der Waals surface area contributed by atoms with Gasteiger partial charge in [-0.3, -0.25) is 19.8 Å². The molecule has 2 atom stereocenters. The lowest BCUT2D eigenvalue weighted by molar-refractivity contribution is -0.384. The van der Waals surface area contributed by atoms with Crippen LogP contribution in [0.1, 0.15) is 22.3 Å². The van der Waals surface area contributed by atoms with Gasteiger partial charge in [0.1, 0.15) is 0 Å². The third-order valence-electron chi connectivity index (χ3n) is 5.50. The van der Waals surface area contributed by atoms with E-state index in [2.05, 4.69) is 29.2 Å². The summed E-state index contributed by atoms with van der Waals surface area (Å²) in [5.41, 5.74) is 1.69. The fourth-order valence-electron chi connectivity index (χ4n) is 4.46. The molecule has 2 aliphatic rings. The minimum absolute atomic E-state index is 0.0351. The highest BCUT2D eigenvalue weighted by molar-refractivity contribution is 5.95. The molecule has 2 fully saturated rings. The van der Waals surface area contributed by atoms with Crippen LogP contribution in [0.2, 0.25) is 0 Å². The Labute approximate surface area is 158 Å². The Morgan fingerprint density at radius 3 is 2.37 bits per heavy atom. The van der Waals surface area contributed by atoms with Gasteiger partial charge in [0.25, 0.3) is 11.6 Å². The van der Waals surface area contributed by atoms with Gasteiger partial charge in [0.2, 0.25) is 0 Å². The average molecular weight is 365 g/mol. The lowest BCUT2D eigenvalue weighted by Crippen LogP contribution is -2.53. The van der Waals surface area contributed by atoms with Gasteiger partial charge in [0.15, 0.2) is 0 Å². The van der Waals surface area contributed by atoms with Crippen LogP contribution >= 0.6 is 0 Å². The molecule has 0 saturated carbocycles. The van der Waals surface area contributed by atoms with E-state index in [4.69, 9.17) is 0 Å². The molecule has 27 heavy (non-hydrogen) atoms. The molecule has 1 amide bonds.